The van der Waals surface area contributed by atoms with Gasteiger partial charge in [0.15, 0.2) is 5.82 Å². The molecule has 75 heavy (non-hydrogen) atoms. The summed E-state index contributed by atoms with van der Waals surface area (Å²) in [6, 6.07) is 19.5. The Morgan fingerprint density at radius 2 is 1.61 bits per heavy atom. The lowest BCUT2D eigenvalue weighted by Crippen LogP contribution is -2.55. The SMILES string of the molecule is CC(C)(C)OC(=O)N1CCC(OC2CC(Oc3cc(N4[C@@H]5CC[C@@H]4CN(c4cc(-c6ccccc6OCc6ccc(NC(=O)[C@H](CCCNC(N)=O)NC(=O)C7(C(=O)O)CCC7)cc6)nnc4N)C5)ccn3)C2)CC1. The van der Waals surface area contributed by atoms with Gasteiger partial charge in [-0.2, -0.15) is 0 Å². The van der Waals surface area contributed by atoms with Gasteiger partial charge >= 0.3 is 18.1 Å². The van der Waals surface area contributed by atoms with Crippen LogP contribution in [-0.4, -0.2) is 130 Å². The molecule has 5 amide bonds. The summed E-state index contributed by atoms with van der Waals surface area (Å²) in [5.74, 6) is -0.889. The second-order valence-electron chi connectivity index (χ2n) is 21.4. The van der Waals surface area contributed by atoms with Crippen LogP contribution in [0.5, 0.6) is 11.6 Å². The summed E-state index contributed by atoms with van der Waals surface area (Å²) in [4.78, 5) is 73.4. The van der Waals surface area contributed by atoms with Crippen molar-refractivity contribution in [3.05, 3.63) is 78.5 Å². The molecule has 0 spiro atoms. The van der Waals surface area contributed by atoms with Gasteiger partial charge in [-0.3, -0.25) is 14.4 Å². The molecule has 21 nitrogen and oxygen atoms in total. The van der Waals surface area contributed by atoms with E-state index in [4.69, 9.17) is 30.4 Å². The van der Waals surface area contributed by atoms with Crippen molar-refractivity contribution in [1.29, 1.82) is 0 Å². The minimum Gasteiger partial charge on any atom is -0.488 e. The number of nitrogens with two attached hydrogens (primary N) is 2. The van der Waals surface area contributed by atoms with E-state index in [1.165, 1.54) is 0 Å². The van der Waals surface area contributed by atoms with Gasteiger partial charge in [-0.25, -0.2) is 14.6 Å². The minimum absolute atomic E-state index is 0.0308. The number of primary amides is 1. The van der Waals surface area contributed by atoms with Gasteiger partial charge < -0.3 is 66.2 Å². The molecule has 2 aromatic carbocycles. The number of piperidine rings is 1. The molecule has 0 radical (unpaired) electrons. The summed E-state index contributed by atoms with van der Waals surface area (Å²) >= 11 is 0. The lowest BCUT2D eigenvalue weighted by molar-refractivity contribution is -0.162. The van der Waals surface area contributed by atoms with Gasteiger partial charge in [-0.15, -0.1) is 10.2 Å². The van der Waals surface area contributed by atoms with E-state index in [-0.39, 0.29) is 68.9 Å². The molecule has 5 fully saturated rings. The normalized spacial score (nSPS) is 21.5. The highest BCUT2D eigenvalue weighted by Crippen LogP contribution is 2.43. The number of benzene rings is 2. The first-order valence-corrected chi connectivity index (χ1v) is 26.1. The van der Waals surface area contributed by atoms with Crippen LogP contribution in [0.15, 0.2) is 72.9 Å². The van der Waals surface area contributed by atoms with Crippen LogP contribution in [0, 0.1) is 5.41 Å². The highest BCUT2D eigenvalue weighted by atomic mass is 16.6. The maximum Gasteiger partial charge on any atom is 0.410 e. The van der Waals surface area contributed by atoms with E-state index in [2.05, 4.69) is 53.1 Å². The minimum atomic E-state index is -1.55. The third kappa shape index (κ3) is 12.6. The standard InChI is InChI=1S/C54H69N11O10/c1-53(2,3)75-52(71)63-24-18-38(19-25-63)73-39-27-40(28-39)74-46-26-35(17-23-57-46)65-36-15-16-37(65)31-64(30-36)44-29-43(61-62-47(44)55)41-8-4-5-10-45(41)72-32-33-11-13-34(14-12-33)59-48(66)42(9-6-22-58-51(56)70)60-49(67)54(50(68)69)20-7-21-54/h4-5,8,10-14,17,23,26,29,36-40,42H,6-7,9,15-16,18-22,24-25,27-28,30-32H2,1-3H3,(H2,55,62)(H,59,66)(H,60,67)(H,68,69)(H3,56,58,70)/t36-,37-,39?,40?,42+/m1/s1. The fourth-order valence-electron chi connectivity index (χ4n) is 10.6. The number of aromatic nitrogens is 3. The number of likely N-dealkylation sites (tertiary alicyclic amines) is 1. The number of nitrogens with zero attached hydrogens (tertiary/aromatic N) is 6. The number of pyridine rings is 1. The van der Waals surface area contributed by atoms with Crippen LogP contribution in [0.25, 0.3) is 11.3 Å². The molecule has 5 aliphatic rings. The number of carbonyl (C=O) groups excluding carboxylic acids is 4. The van der Waals surface area contributed by atoms with Crippen molar-refractivity contribution < 1.29 is 48.0 Å². The van der Waals surface area contributed by atoms with Crippen LogP contribution in [0.2, 0.25) is 0 Å². The zero-order valence-electron chi connectivity index (χ0n) is 42.9. The van der Waals surface area contributed by atoms with E-state index in [0.29, 0.717) is 54.8 Å². The van der Waals surface area contributed by atoms with Crippen LogP contribution in [0.4, 0.5) is 32.5 Å². The Morgan fingerprint density at radius 1 is 0.893 bits per heavy atom. The fourth-order valence-corrected chi connectivity index (χ4v) is 10.6. The van der Waals surface area contributed by atoms with Crippen molar-refractivity contribution in [2.75, 3.05) is 53.6 Å². The van der Waals surface area contributed by atoms with Crippen molar-refractivity contribution in [3.63, 3.8) is 0 Å². The molecule has 9 rings (SSSR count). The number of hydrogen-bond donors (Lipinski definition) is 6. The number of anilines is 4. The molecule has 21 heteroatoms. The number of nitrogens with one attached hydrogen (secondary N) is 3. The van der Waals surface area contributed by atoms with Crippen molar-refractivity contribution in [1.82, 2.24) is 30.7 Å². The second-order valence-corrected chi connectivity index (χ2v) is 21.4. The average Bonchev–Trinajstić information content (AvgIpc) is 3.62. The number of rotatable bonds is 19. The summed E-state index contributed by atoms with van der Waals surface area (Å²) in [6.07, 6.45) is 8.53. The van der Waals surface area contributed by atoms with Crippen molar-refractivity contribution in [2.24, 2.45) is 11.1 Å². The van der Waals surface area contributed by atoms with Crippen LogP contribution < -0.4 is 46.7 Å². The highest BCUT2D eigenvalue weighted by Gasteiger charge is 2.52. The Morgan fingerprint density at radius 3 is 2.28 bits per heavy atom. The summed E-state index contributed by atoms with van der Waals surface area (Å²) in [5.41, 5.74) is 14.2. The Labute approximate surface area is 436 Å². The number of amides is 5. The summed E-state index contributed by atoms with van der Waals surface area (Å²) in [7, 11) is 0. The number of aliphatic carboxylic acids is 1. The number of carboxylic acids is 1. The summed E-state index contributed by atoms with van der Waals surface area (Å²) in [5, 5.41) is 26.6. The summed E-state index contributed by atoms with van der Waals surface area (Å²) < 4.78 is 24.7. The van der Waals surface area contributed by atoms with E-state index in [1.807, 2.05) is 69.4 Å². The highest BCUT2D eigenvalue weighted by molar-refractivity contribution is 6.05. The Kier molecular flexibility index (Phi) is 15.8. The lowest BCUT2D eigenvalue weighted by atomic mass is 9.68. The number of para-hydroxylation sites is 1. The van der Waals surface area contributed by atoms with Crippen LogP contribution in [0.3, 0.4) is 0 Å². The van der Waals surface area contributed by atoms with Gasteiger partial charge in [0, 0.05) is 86.9 Å². The third-order valence-electron chi connectivity index (χ3n) is 14.9. The van der Waals surface area contributed by atoms with Gasteiger partial charge in [0.2, 0.25) is 17.7 Å². The monoisotopic (exact) mass is 1030 g/mol. The first kappa shape index (κ1) is 52.4. The number of carbonyl (C=O) groups is 5. The largest absolute Gasteiger partial charge is 0.488 e. The zero-order valence-corrected chi connectivity index (χ0v) is 42.9. The molecule has 3 aliphatic heterocycles. The van der Waals surface area contributed by atoms with Crippen molar-refractivity contribution in [2.45, 2.75) is 140 Å². The third-order valence-corrected chi connectivity index (χ3v) is 14.9. The molecule has 2 aliphatic carbocycles. The smallest absolute Gasteiger partial charge is 0.410 e. The topological polar surface area (TPSA) is 279 Å². The summed E-state index contributed by atoms with van der Waals surface area (Å²) in [6.45, 7) is 8.76. The lowest BCUT2D eigenvalue weighted by Gasteiger charge is -2.43. The maximum absolute atomic E-state index is 13.5. The molecule has 2 saturated carbocycles. The molecule has 3 saturated heterocycles. The number of fused-ring (bicyclic) bond motifs is 2. The van der Waals surface area contributed by atoms with Gasteiger partial charge in [0.25, 0.3) is 0 Å². The second kappa shape index (κ2) is 22.6. The molecule has 2 bridgehead atoms. The number of nitrogen functional groups attached to an aromatic ring is 1. The Bertz CT molecular complexity index is 2690. The predicted octanol–water partition coefficient (Wildman–Crippen LogP) is 6.01. The number of urea groups is 1. The van der Waals surface area contributed by atoms with Gasteiger partial charge in [0.1, 0.15) is 35.5 Å². The predicted molar refractivity (Wildman–Crippen MR) is 279 cm³/mol. The average molecular weight is 1030 g/mol. The van der Waals surface area contributed by atoms with E-state index in [0.717, 1.165) is 74.1 Å². The van der Waals surface area contributed by atoms with E-state index in [1.54, 1.807) is 17.0 Å². The number of piperazine rings is 1. The van der Waals surface area contributed by atoms with Gasteiger partial charge in [-0.05, 0) is 114 Å². The number of hydrogen-bond acceptors (Lipinski definition) is 15. The van der Waals surface area contributed by atoms with Crippen LogP contribution >= 0.6 is 0 Å². The first-order chi connectivity index (χ1) is 36.0. The maximum atomic E-state index is 13.5. The van der Waals surface area contributed by atoms with Crippen molar-refractivity contribution in [3.8, 4) is 22.9 Å². The first-order valence-electron chi connectivity index (χ1n) is 26.1. The van der Waals surface area contributed by atoms with Gasteiger partial charge in [0.05, 0.1) is 23.6 Å². The van der Waals surface area contributed by atoms with Crippen LogP contribution in [-0.2, 0) is 30.5 Å². The fraction of sp³-hybridized carbons (Fsp3) is 0.519. The van der Waals surface area contributed by atoms with E-state index in [9.17, 15) is 29.1 Å². The molecule has 0 unspecified atom stereocenters. The van der Waals surface area contributed by atoms with Crippen molar-refractivity contribution >= 4 is 52.8 Å². The van der Waals surface area contributed by atoms with E-state index < -0.39 is 40.9 Å². The number of carboxylic acid groups (broad SMARTS) is 1. The molecule has 2 aromatic heterocycles. The van der Waals surface area contributed by atoms with Crippen LogP contribution in [0.1, 0.15) is 97.0 Å². The quantitative estimate of drug-likeness (QED) is 0.0463. The molecule has 400 valence electrons. The molecule has 8 N–H and O–H groups in total. The molecular weight excluding hydrogens is 963 g/mol. The number of ether oxygens (including phenoxy) is 4. The molecular formula is C54H69N11O10. The molecule has 3 atom stereocenters. The zero-order chi connectivity index (χ0) is 52.9. The van der Waals surface area contributed by atoms with E-state index >= 15 is 0 Å². The Balaban J connectivity index is 0.770. The van der Waals surface area contributed by atoms with Gasteiger partial charge in [-0.1, -0.05) is 30.7 Å². The molecule has 4 aromatic rings. The Hall–Kier alpha value is -7.42. The molecule has 5 heterocycles.